The Morgan fingerprint density at radius 2 is 1.90 bits per heavy atom. The highest BCUT2D eigenvalue weighted by Crippen LogP contribution is 2.23. The Labute approximate surface area is 123 Å². The molecule has 0 atom stereocenters. The number of hydrogen-bond acceptors (Lipinski definition) is 3. The van der Waals surface area contributed by atoms with E-state index >= 15 is 0 Å². The first-order valence-corrected chi connectivity index (χ1v) is 8.08. The minimum atomic E-state index is -3.98. The van der Waals surface area contributed by atoms with Crippen LogP contribution in [0.1, 0.15) is 18.9 Å². The number of rotatable bonds is 5. The molecular formula is C15H17FN2O2S. The Hall–Kier alpha value is -2.08. The van der Waals surface area contributed by atoms with E-state index in [0.29, 0.717) is 5.69 Å². The van der Waals surface area contributed by atoms with Crippen molar-refractivity contribution >= 4 is 21.4 Å². The van der Waals surface area contributed by atoms with Crippen LogP contribution in [0.3, 0.4) is 0 Å². The second kappa shape index (κ2) is 6.13. The zero-order valence-corrected chi connectivity index (χ0v) is 12.5. The summed E-state index contributed by atoms with van der Waals surface area (Å²) in [6, 6.07) is 10.6. The monoisotopic (exact) mass is 308 g/mol. The van der Waals surface area contributed by atoms with Crippen LogP contribution in [0.4, 0.5) is 15.8 Å². The number of benzene rings is 2. The van der Waals surface area contributed by atoms with Crippen LogP contribution in [0.2, 0.25) is 0 Å². The molecule has 0 aromatic heterocycles. The first kappa shape index (κ1) is 15.3. The van der Waals surface area contributed by atoms with Crippen molar-refractivity contribution in [3.63, 3.8) is 0 Å². The molecule has 112 valence electrons. The second-order valence-corrected chi connectivity index (χ2v) is 6.35. The topological polar surface area (TPSA) is 72.2 Å². The summed E-state index contributed by atoms with van der Waals surface area (Å²) in [5.74, 6) is -0.865. The van der Waals surface area contributed by atoms with Crippen molar-refractivity contribution in [2.24, 2.45) is 0 Å². The molecule has 0 spiro atoms. The molecule has 0 saturated heterocycles. The number of halogens is 1. The van der Waals surface area contributed by atoms with Crippen molar-refractivity contribution in [3.8, 4) is 0 Å². The quantitative estimate of drug-likeness (QED) is 0.833. The van der Waals surface area contributed by atoms with E-state index in [9.17, 15) is 12.8 Å². The molecule has 0 radical (unpaired) electrons. The predicted octanol–water partition coefficient (Wildman–Crippen LogP) is 3.16. The smallest absolute Gasteiger partial charge is 0.264 e. The van der Waals surface area contributed by atoms with Crippen molar-refractivity contribution in [3.05, 3.63) is 53.8 Å². The van der Waals surface area contributed by atoms with Crippen molar-refractivity contribution in [2.75, 3.05) is 10.5 Å². The normalized spacial score (nSPS) is 11.3. The fourth-order valence-corrected chi connectivity index (χ4v) is 3.20. The van der Waals surface area contributed by atoms with E-state index in [4.69, 9.17) is 5.73 Å². The molecular weight excluding hydrogens is 291 g/mol. The number of nitrogens with two attached hydrogens (primary N) is 1. The highest BCUT2D eigenvalue weighted by atomic mass is 32.2. The highest BCUT2D eigenvalue weighted by Gasteiger charge is 2.20. The lowest BCUT2D eigenvalue weighted by molar-refractivity contribution is 0.571. The number of anilines is 2. The maximum Gasteiger partial charge on any atom is 0.264 e. The Kier molecular flexibility index (Phi) is 4.47. The van der Waals surface area contributed by atoms with Gasteiger partial charge in [0.1, 0.15) is 10.7 Å². The molecule has 0 bridgehead atoms. The average molecular weight is 308 g/mol. The van der Waals surface area contributed by atoms with Gasteiger partial charge in [0.2, 0.25) is 0 Å². The number of nitrogens with one attached hydrogen (secondary N) is 1. The van der Waals surface area contributed by atoms with E-state index in [1.807, 2.05) is 19.1 Å². The summed E-state index contributed by atoms with van der Waals surface area (Å²) >= 11 is 0. The molecule has 0 amide bonds. The van der Waals surface area contributed by atoms with Crippen molar-refractivity contribution in [2.45, 2.75) is 24.7 Å². The fraction of sp³-hybridized carbons (Fsp3) is 0.200. The molecule has 2 aromatic rings. The average Bonchev–Trinajstić information content (AvgIpc) is 2.40. The van der Waals surface area contributed by atoms with Crippen molar-refractivity contribution in [1.29, 1.82) is 0 Å². The molecule has 21 heavy (non-hydrogen) atoms. The molecule has 6 heteroatoms. The Morgan fingerprint density at radius 3 is 2.57 bits per heavy atom. The molecule has 0 saturated carbocycles. The number of para-hydroxylation sites is 1. The van der Waals surface area contributed by atoms with Gasteiger partial charge < -0.3 is 5.73 Å². The van der Waals surface area contributed by atoms with E-state index in [2.05, 4.69) is 4.72 Å². The summed E-state index contributed by atoms with van der Waals surface area (Å²) in [7, 11) is -3.98. The Bertz CT molecular complexity index is 745. The molecule has 0 aliphatic heterocycles. The SMILES string of the molecule is CCCc1ccccc1NS(=O)(=O)c1ccc(N)cc1F. The van der Waals surface area contributed by atoms with Gasteiger partial charge >= 0.3 is 0 Å². The van der Waals surface area contributed by atoms with Crippen LogP contribution in [0.5, 0.6) is 0 Å². The lowest BCUT2D eigenvalue weighted by atomic mass is 10.1. The van der Waals surface area contributed by atoms with Gasteiger partial charge in [-0.3, -0.25) is 4.72 Å². The third-order valence-electron chi connectivity index (χ3n) is 3.03. The van der Waals surface area contributed by atoms with Gasteiger partial charge in [0.15, 0.2) is 0 Å². The molecule has 0 heterocycles. The van der Waals surface area contributed by atoms with Crippen LogP contribution in [0, 0.1) is 5.82 Å². The zero-order valence-electron chi connectivity index (χ0n) is 11.6. The van der Waals surface area contributed by atoms with Gasteiger partial charge in [0.05, 0.1) is 5.69 Å². The molecule has 3 N–H and O–H groups in total. The van der Waals surface area contributed by atoms with Gasteiger partial charge in [-0.1, -0.05) is 31.5 Å². The minimum absolute atomic E-state index is 0.179. The standard InChI is InChI=1S/C15H17FN2O2S/c1-2-5-11-6-3-4-7-14(11)18-21(19,20)15-9-8-12(17)10-13(15)16/h3-4,6-10,18H,2,5,17H2,1H3. The van der Waals surface area contributed by atoms with Crippen LogP contribution in [-0.4, -0.2) is 8.42 Å². The summed E-state index contributed by atoms with van der Waals surface area (Å²) in [6.45, 7) is 2.00. The predicted molar refractivity (Wildman–Crippen MR) is 82.1 cm³/mol. The van der Waals surface area contributed by atoms with E-state index in [1.165, 1.54) is 6.07 Å². The van der Waals surface area contributed by atoms with E-state index in [0.717, 1.165) is 30.5 Å². The highest BCUT2D eigenvalue weighted by molar-refractivity contribution is 7.92. The lowest BCUT2D eigenvalue weighted by Gasteiger charge is -2.12. The Balaban J connectivity index is 2.38. The van der Waals surface area contributed by atoms with Gasteiger partial charge in [-0.15, -0.1) is 0 Å². The first-order chi connectivity index (χ1) is 9.94. The number of nitrogen functional groups attached to an aromatic ring is 1. The third kappa shape index (κ3) is 3.52. The fourth-order valence-electron chi connectivity index (χ4n) is 2.04. The molecule has 4 nitrogen and oxygen atoms in total. The summed E-state index contributed by atoms with van der Waals surface area (Å²) in [4.78, 5) is -0.414. The van der Waals surface area contributed by atoms with Crippen molar-refractivity contribution in [1.82, 2.24) is 0 Å². The van der Waals surface area contributed by atoms with E-state index in [1.54, 1.807) is 12.1 Å². The van der Waals surface area contributed by atoms with Crippen LogP contribution < -0.4 is 10.5 Å². The first-order valence-electron chi connectivity index (χ1n) is 6.60. The molecule has 0 fully saturated rings. The van der Waals surface area contributed by atoms with Gasteiger partial charge in [-0.25, -0.2) is 12.8 Å². The van der Waals surface area contributed by atoms with Gasteiger partial charge in [-0.05, 0) is 36.2 Å². The maximum absolute atomic E-state index is 13.8. The van der Waals surface area contributed by atoms with Crippen molar-refractivity contribution < 1.29 is 12.8 Å². The molecule has 2 aromatic carbocycles. The number of sulfonamides is 1. The third-order valence-corrected chi connectivity index (χ3v) is 4.43. The summed E-state index contributed by atoms with van der Waals surface area (Å²) < 4.78 is 40.8. The molecule has 0 unspecified atom stereocenters. The van der Waals surface area contributed by atoms with Gasteiger partial charge in [-0.2, -0.15) is 0 Å². The summed E-state index contributed by atoms with van der Waals surface area (Å²) in [5.41, 5.74) is 6.95. The zero-order chi connectivity index (χ0) is 15.5. The van der Waals surface area contributed by atoms with Crippen LogP contribution in [0.15, 0.2) is 47.4 Å². The summed E-state index contributed by atoms with van der Waals surface area (Å²) in [5, 5.41) is 0. The Morgan fingerprint density at radius 1 is 1.19 bits per heavy atom. The number of aryl methyl sites for hydroxylation is 1. The number of hydrogen-bond donors (Lipinski definition) is 2. The lowest BCUT2D eigenvalue weighted by Crippen LogP contribution is -2.16. The molecule has 0 aliphatic carbocycles. The van der Waals surface area contributed by atoms with Crippen LogP contribution in [0.25, 0.3) is 0 Å². The van der Waals surface area contributed by atoms with Gasteiger partial charge in [0, 0.05) is 5.69 Å². The van der Waals surface area contributed by atoms with E-state index in [-0.39, 0.29) is 5.69 Å². The van der Waals surface area contributed by atoms with E-state index < -0.39 is 20.7 Å². The minimum Gasteiger partial charge on any atom is -0.399 e. The maximum atomic E-state index is 13.8. The van der Waals surface area contributed by atoms with Crippen LogP contribution >= 0.6 is 0 Å². The largest absolute Gasteiger partial charge is 0.399 e. The van der Waals surface area contributed by atoms with Gasteiger partial charge in [0.25, 0.3) is 10.0 Å². The molecule has 0 aliphatic rings. The second-order valence-electron chi connectivity index (χ2n) is 4.70. The molecule has 2 rings (SSSR count). The summed E-state index contributed by atoms with van der Waals surface area (Å²) in [6.07, 6.45) is 1.62. The van der Waals surface area contributed by atoms with Crippen LogP contribution in [-0.2, 0) is 16.4 Å².